The summed E-state index contributed by atoms with van der Waals surface area (Å²) in [7, 11) is 3.30. The van der Waals surface area contributed by atoms with E-state index in [0.29, 0.717) is 18.0 Å². The molecule has 1 atom stereocenters. The van der Waals surface area contributed by atoms with Gasteiger partial charge in [-0.15, -0.1) is 0 Å². The zero-order valence-electron chi connectivity index (χ0n) is 15.1. The molecule has 0 amide bonds. The third-order valence-corrected chi connectivity index (χ3v) is 4.04. The van der Waals surface area contributed by atoms with Gasteiger partial charge >= 0.3 is 0 Å². The van der Waals surface area contributed by atoms with Crippen LogP contribution in [0.5, 0.6) is 0 Å². The number of benzene rings is 2. The van der Waals surface area contributed by atoms with Crippen LogP contribution < -0.4 is 10.6 Å². The number of hydrogen-bond donors (Lipinski definition) is 2. The largest absolute Gasteiger partial charge is 0.380 e. The first-order chi connectivity index (χ1) is 12.1. The molecule has 2 N–H and O–H groups in total. The second-order valence-corrected chi connectivity index (χ2v) is 5.98. The second kappa shape index (κ2) is 9.79. The van der Waals surface area contributed by atoms with Crippen LogP contribution in [0.3, 0.4) is 0 Å². The number of halogens is 1. The van der Waals surface area contributed by atoms with Crippen molar-refractivity contribution >= 4 is 5.96 Å². The van der Waals surface area contributed by atoms with E-state index < -0.39 is 0 Å². The van der Waals surface area contributed by atoms with Gasteiger partial charge < -0.3 is 15.4 Å². The van der Waals surface area contributed by atoms with Gasteiger partial charge in [0, 0.05) is 32.8 Å². The van der Waals surface area contributed by atoms with E-state index in [2.05, 4.69) is 34.7 Å². The number of aliphatic imine (C=N–C) groups is 1. The van der Waals surface area contributed by atoms with Gasteiger partial charge in [0.2, 0.25) is 0 Å². The molecule has 0 saturated heterocycles. The SMILES string of the molecule is CN=C(NCc1ccc(F)c(COC)c1)NCC(C)c1ccccc1. The molecular formula is C20H26FN3O. The summed E-state index contributed by atoms with van der Waals surface area (Å²) in [6, 6.07) is 15.4. The minimum absolute atomic E-state index is 0.246. The first kappa shape index (κ1) is 18.9. The van der Waals surface area contributed by atoms with Crippen molar-refractivity contribution < 1.29 is 9.13 Å². The molecule has 2 rings (SSSR count). The molecule has 2 aromatic rings. The highest BCUT2D eigenvalue weighted by molar-refractivity contribution is 5.79. The first-order valence-electron chi connectivity index (χ1n) is 8.39. The van der Waals surface area contributed by atoms with Crippen molar-refractivity contribution in [1.29, 1.82) is 0 Å². The van der Waals surface area contributed by atoms with Gasteiger partial charge in [-0.25, -0.2) is 4.39 Å². The average molecular weight is 343 g/mol. The fourth-order valence-electron chi connectivity index (χ4n) is 2.56. The van der Waals surface area contributed by atoms with Gasteiger partial charge in [-0.1, -0.05) is 43.3 Å². The fraction of sp³-hybridized carbons (Fsp3) is 0.350. The molecule has 2 aromatic carbocycles. The summed E-state index contributed by atoms with van der Waals surface area (Å²) < 4.78 is 18.7. The predicted octanol–water partition coefficient (Wildman–Crippen LogP) is 3.44. The van der Waals surface area contributed by atoms with Crippen molar-refractivity contribution in [3.05, 3.63) is 71.0 Å². The Hall–Kier alpha value is -2.40. The maximum absolute atomic E-state index is 13.7. The van der Waals surface area contributed by atoms with Crippen LogP contribution in [0.25, 0.3) is 0 Å². The van der Waals surface area contributed by atoms with Crippen molar-refractivity contribution in [3.63, 3.8) is 0 Å². The molecule has 0 saturated carbocycles. The molecule has 1 unspecified atom stereocenters. The van der Waals surface area contributed by atoms with E-state index in [-0.39, 0.29) is 12.4 Å². The lowest BCUT2D eigenvalue weighted by Gasteiger charge is -2.16. The molecule has 0 fully saturated rings. The summed E-state index contributed by atoms with van der Waals surface area (Å²) >= 11 is 0. The second-order valence-electron chi connectivity index (χ2n) is 5.98. The molecule has 0 spiro atoms. The molecule has 0 aliphatic rings. The molecule has 0 radical (unpaired) electrons. The highest BCUT2D eigenvalue weighted by Gasteiger charge is 2.07. The monoisotopic (exact) mass is 343 g/mol. The molecule has 0 heterocycles. The zero-order chi connectivity index (χ0) is 18.1. The molecule has 5 heteroatoms. The van der Waals surface area contributed by atoms with Crippen molar-refractivity contribution in [2.45, 2.75) is 26.0 Å². The lowest BCUT2D eigenvalue weighted by atomic mass is 10.0. The van der Waals surface area contributed by atoms with Crippen LogP contribution in [0.4, 0.5) is 4.39 Å². The summed E-state index contributed by atoms with van der Waals surface area (Å²) in [6.45, 7) is 3.78. The summed E-state index contributed by atoms with van der Waals surface area (Å²) in [5.74, 6) is 0.851. The van der Waals surface area contributed by atoms with Crippen LogP contribution in [0.1, 0.15) is 29.5 Å². The van der Waals surface area contributed by atoms with Gasteiger partial charge in [0.15, 0.2) is 5.96 Å². The van der Waals surface area contributed by atoms with Crippen LogP contribution in [0.2, 0.25) is 0 Å². The number of guanidine groups is 1. The molecule has 4 nitrogen and oxygen atoms in total. The highest BCUT2D eigenvalue weighted by atomic mass is 19.1. The number of methoxy groups -OCH3 is 1. The van der Waals surface area contributed by atoms with Crippen LogP contribution in [-0.4, -0.2) is 26.7 Å². The van der Waals surface area contributed by atoms with E-state index >= 15 is 0 Å². The third-order valence-electron chi connectivity index (χ3n) is 4.04. The van der Waals surface area contributed by atoms with Crippen molar-refractivity contribution in [1.82, 2.24) is 10.6 Å². The Kier molecular flexibility index (Phi) is 7.41. The van der Waals surface area contributed by atoms with Gasteiger partial charge in [-0.3, -0.25) is 4.99 Å². The quantitative estimate of drug-likeness (QED) is 0.598. The summed E-state index contributed by atoms with van der Waals surface area (Å²) in [4.78, 5) is 4.24. The van der Waals surface area contributed by atoms with E-state index in [1.54, 1.807) is 20.2 Å². The molecule has 25 heavy (non-hydrogen) atoms. The lowest BCUT2D eigenvalue weighted by Crippen LogP contribution is -2.38. The van der Waals surface area contributed by atoms with Crippen molar-refractivity contribution in [2.75, 3.05) is 20.7 Å². The molecule has 0 bridgehead atoms. The third kappa shape index (κ3) is 5.87. The number of hydrogen-bond acceptors (Lipinski definition) is 2. The van der Waals surface area contributed by atoms with Gasteiger partial charge in [0.05, 0.1) is 6.61 Å². The van der Waals surface area contributed by atoms with Crippen LogP contribution >= 0.6 is 0 Å². The normalized spacial score (nSPS) is 12.7. The Balaban J connectivity index is 1.87. The fourth-order valence-corrected chi connectivity index (χ4v) is 2.56. The highest BCUT2D eigenvalue weighted by Crippen LogP contribution is 2.13. The Morgan fingerprint density at radius 2 is 1.92 bits per heavy atom. The first-order valence-corrected chi connectivity index (χ1v) is 8.39. The predicted molar refractivity (Wildman–Crippen MR) is 100 cm³/mol. The van der Waals surface area contributed by atoms with Gasteiger partial charge in [-0.05, 0) is 29.2 Å². The van der Waals surface area contributed by atoms with Crippen molar-refractivity contribution in [3.8, 4) is 0 Å². The van der Waals surface area contributed by atoms with E-state index in [1.807, 2.05) is 24.3 Å². The molecule has 0 aliphatic carbocycles. The number of ether oxygens (including phenoxy) is 1. The molecular weight excluding hydrogens is 317 g/mol. The minimum Gasteiger partial charge on any atom is -0.380 e. The van der Waals surface area contributed by atoms with Gasteiger partial charge in [-0.2, -0.15) is 0 Å². The van der Waals surface area contributed by atoms with Gasteiger partial charge in [0.1, 0.15) is 5.82 Å². The molecule has 134 valence electrons. The van der Waals surface area contributed by atoms with E-state index in [4.69, 9.17) is 4.74 Å². The Labute approximate surface area is 149 Å². The number of nitrogens with one attached hydrogen (secondary N) is 2. The lowest BCUT2D eigenvalue weighted by molar-refractivity contribution is 0.181. The zero-order valence-corrected chi connectivity index (χ0v) is 15.1. The maximum atomic E-state index is 13.7. The summed E-state index contributed by atoms with van der Waals surface area (Å²) in [6.07, 6.45) is 0. The van der Waals surface area contributed by atoms with Gasteiger partial charge in [0.25, 0.3) is 0 Å². The van der Waals surface area contributed by atoms with Crippen LogP contribution in [0, 0.1) is 5.82 Å². The average Bonchev–Trinajstić information content (AvgIpc) is 2.65. The van der Waals surface area contributed by atoms with E-state index in [0.717, 1.165) is 18.1 Å². The Morgan fingerprint density at radius 3 is 2.60 bits per heavy atom. The summed E-state index contributed by atoms with van der Waals surface area (Å²) in [5, 5.41) is 6.59. The van der Waals surface area contributed by atoms with E-state index in [9.17, 15) is 4.39 Å². The van der Waals surface area contributed by atoms with Crippen molar-refractivity contribution in [2.24, 2.45) is 4.99 Å². The van der Waals surface area contributed by atoms with E-state index in [1.165, 1.54) is 11.6 Å². The van der Waals surface area contributed by atoms with Crippen LogP contribution in [0.15, 0.2) is 53.5 Å². The molecule has 0 aromatic heterocycles. The Morgan fingerprint density at radius 1 is 1.16 bits per heavy atom. The number of nitrogens with zero attached hydrogens (tertiary/aromatic N) is 1. The maximum Gasteiger partial charge on any atom is 0.191 e. The standard InChI is InChI=1S/C20H26FN3O/c1-15(17-7-5-4-6-8-17)12-23-20(22-2)24-13-16-9-10-19(21)18(11-16)14-25-3/h4-11,15H,12-14H2,1-3H3,(H2,22,23,24). The topological polar surface area (TPSA) is 45.7 Å². The van der Waals surface area contributed by atoms with Crippen LogP contribution in [-0.2, 0) is 17.9 Å². The minimum atomic E-state index is -0.246. The summed E-state index contributed by atoms with van der Waals surface area (Å²) in [5.41, 5.74) is 2.82. The molecule has 0 aliphatic heterocycles. The smallest absolute Gasteiger partial charge is 0.191 e. The number of rotatable bonds is 7. The Bertz CT molecular complexity index is 689.